The van der Waals surface area contributed by atoms with E-state index in [0.29, 0.717) is 5.92 Å². The number of benzene rings is 1. The van der Waals surface area contributed by atoms with Crippen molar-refractivity contribution in [1.82, 2.24) is 9.78 Å². The van der Waals surface area contributed by atoms with E-state index in [-0.39, 0.29) is 28.8 Å². The Balaban J connectivity index is 1.87. The van der Waals surface area contributed by atoms with E-state index >= 15 is 0 Å². The highest BCUT2D eigenvalue weighted by Crippen LogP contribution is 2.33. The van der Waals surface area contributed by atoms with Crippen LogP contribution in [-0.4, -0.2) is 32.2 Å². The van der Waals surface area contributed by atoms with Crippen molar-refractivity contribution in [3.8, 4) is 5.69 Å². The third kappa shape index (κ3) is 4.46. The number of carboxylic acid groups (broad SMARTS) is 1. The molecular formula is C21H25F2N3O3. The molecule has 8 heteroatoms. The van der Waals surface area contributed by atoms with Crippen molar-refractivity contribution >= 4 is 17.6 Å². The van der Waals surface area contributed by atoms with Crippen LogP contribution in [-0.2, 0) is 4.79 Å². The lowest BCUT2D eigenvalue weighted by Crippen LogP contribution is -2.45. The van der Waals surface area contributed by atoms with Crippen LogP contribution in [0.2, 0.25) is 0 Å². The summed E-state index contributed by atoms with van der Waals surface area (Å²) in [4.78, 5) is 24.7. The lowest BCUT2D eigenvalue weighted by molar-refractivity contribution is -0.127. The number of carbonyl (C=O) groups is 2. The topological polar surface area (TPSA) is 84.2 Å². The van der Waals surface area contributed by atoms with Gasteiger partial charge in [0, 0.05) is 18.2 Å². The molecule has 29 heavy (non-hydrogen) atoms. The van der Waals surface area contributed by atoms with Gasteiger partial charge in [0.2, 0.25) is 0 Å². The summed E-state index contributed by atoms with van der Waals surface area (Å²) < 4.78 is 27.9. The van der Waals surface area contributed by atoms with Crippen LogP contribution in [0.5, 0.6) is 0 Å². The third-order valence-electron chi connectivity index (χ3n) is 5.55. The van der Waals surface area contributed by atoms with E-state index in [1.165, 1.54) is 12.3 Å². The van der Waals surface area contributed by atoms with E-state index in [4.69, 9.17) is 0 Å². The highest BCUT2D eigenvalue weighted by atomic mass is 19.2. The molecule has 1 aliphatic carbocycles. The number of Topliss-reactive ketones (excluding diaryl/α,β-unsaturated/α-hetero) is 1. The second kappa shape index (κ2) is 7.93. The number of ketones is 1. The lowest BCUT2D eigenvalue weighted by atomic mass is 9.76. The summed E-state index contributed by atoms with van der Waals surface area (Å²) in [6.45, 7) is 5.58. The van der Waals surface area contributed by atoms with Gasteiger partial charge in [-0.05, 0) is 44.7 Å². The number of carbonyl (C=O) groups excluding carboxylic acids is 1. The molecule has 6 nitrogen and oxygen atoms in total. The average molecular weight is 405 g/mol. The lowest BCUT2D eigenvalue weighted by Gasteiger charge is -2.33. The summed E-state index contributed by atoms with van der Waals surface area (Å²) >= 11 is 0. The predicted octanol–water partition coefficient (Wildman–Crippen LogP) is 4.43. The summed E-state index contributed by atoms with van der Waals surface area (Å²) in [7, 11) is 0. The number of rotatable bonds is 6. The maximum atomic E-state index is 13.5. The zero-order valence-corrected chi connectivity index (χ0v) is 16.7. The second-order valence-electron chi connectivity index (χ2n) is 8.31. The predicted molar refractivity (Wildman–Crippen MR) is 104 cm³/mol. The van der Waals surface area contributed by atoms with Crippen molar-refractivity contribution in [3.05, 3.63) is 41.6 Å². The smallest absolute Gasteiger partial charge is 0.341 e. The normalized spacial score (nSPS) is 19.8. The fraction of sp³-hybridized carbons (Fsp3) is 0.476. The van der Waals surface area contributed by atoms with Gasteiger partial charge in [-0.3, -0.25) is 4.79 Å². The molecule has 0 amide bonds. The summed E-state index contributed by atoms with van der Waals surface area (Å²) in [6.07, 6.45) is 4.84. The molecule has 0 saturated heterocycles. The van der Waals surface area contributed by atoms with Crippen LogP contribution in [0.3, 0.4) is 0 Å². The van der Waals surface area contributed by atoms with Gasteiger partial charge in [0.1, 0.15) is 5.56 Å². The average Bonchev–Trinajstić information content (AvgIpc) is 3.07. The first-order valence-electron chi connectivity index (χ1n) is 9.69. The summed E-state index contributed by atoms with van der Waals surface area (Å²) in [5, 5.41) is 16.7. The van der Waals surface area contributed by atoms with E-state index < -0.39 is 23.1 Å². The Morgan fingerprint density at radius 1 is 1.17 bits per heavy atom. The Morgan fingerprint density at radius 2 is 1.83 bits per heavy atom. The summed E-state index contributed by atoms with van der Waals surface area (Å²) in [5.41, 5.74) is -1.01. The maximum Gasteiger partial charge on any atom is 0.341 e. The highest BCUT2D eigenvalue weighted by Gasteiger charge is 2.36. The van der Waals surface area contributed by atoms with Crippen LogP contribution in [0.15, 0.2) is 24.4 Å². The maximum absolute atomic E-state index is 13.5. The molecule has 1 heterocycles. The zero-order chi connectivity index (χ0) is 21.3. The van der Waals surface area contributed by atoms with Crippen LogP contribution in [0.4, 0.5) is 14.6 Å². The molecule has 0 atom stereocenters. The first-order chi connectivity index (χ1) is 13.6. The number of aromatic nitrogens is 2. The minimum Gasteiger partial charge on any atom is -0.477 e. The Morgan fingerprint density at radius 3 is 2.41 bits per heavy atom. The second-order valence-corrected chi connectivity index (χ2v) is 8.31. The molecule has 3 rings (SSSR count). The molecular weight excluding hydrogens is 380 g/mol. The van der Waals surface area contributed by atoms with E-state index in [2.05, 4.69) is 17.3 Å². The van der Waals surface area contributed by atoms with Crippen molar-refractivity contribution in [2.24, 2.45) is 11.8 Å². The molecule has 1 aromatic carbocycles. The Hall–Kier alpha value is -2.77. The molecule has 2 N–H and O–H groups in total. The zero-order valence-electron chi connectivity index (χ0n) is 16.7. The molecule has 0 unspecified atom stereocenters. The summed E-state index contributed by atoms with van der Waals surface area (Å²) in [6, 6.07) is 3.16. The minimum absolute atomic E-state index is 0.00441. The first kappa shape index (κ1) is 21.0. The molecule has 2 aromatic rings. The van der Waals surface area contributed by atoms with E-state index in [1.807, 2.05) is 0 Å². The van der Waals surface area contributed by atoms with Gasteiger partial charge in [0.15, 0.2) is 23.2 Å². The Labute approximate surface area is 167 Å². The van der Waals surface area contributed by atoms with Gasteiger partial charge in [0.05, 0.1) is 11.2 Å². The highest BCUT2D eigenvalue weighted by molar-refractivity contribution is 5.96. The van der Waals surface area contributed by atoms with Gasteiger partial charge in [-0.1, -0.05) is 19.8 Å². The van der Waals surface area contributed by atoms with Crippen LogP contribution >= 0.6 is 0 Å². The molecule has 0 radical (unpaired) electrons. The third-order valence-corrected chi connectivity index (χ3v) is 5.55. The molecule has 1 fully saturated rings. The largest absolute Gasteiger partial charge is 0.477 e. The number of hydrogen-bond donors (Lipinski definition) is 2. The quantitative estimate of drug-likeness (QED) is 0.743. The van der Waals surface area contributed by atoms with Crippen molar-refractivity contribution < 1.29 is 23.5 Å². The number of anilines is 1. The first-order valence-corrected chi connectivity index (χ1v) is 9.69. The standard InChI is InChI=1S/C21H25F2N3O3/c1-12-4-6-13(7-5-12)18(27)21(2,3)24-19-15(20(28)29)11-26(25-19)14-8-9-16(22)17(23)10-14/h8-13H,4-7H2,1-3H3,(H,24,25)(H,28,29). The number of nitrogens with one attached hydrogen (secondary N) is 1. The minimum atomic E-state index is -1.24. The SMILES string of the molecule is CC1CCC(C(=O)C(C)(C)Nc2nn(-c3ccc(F)c(F)c3)cc2C(=O)O)CC1. The van der Waals surface area contributed by atoms with Gasteiger partial charge in [-0.15, -0.1) is 5.10 Å². The van der Waals surface area contributed by atoms with Crippen LogP contribution in [0.25, 0.3) is 5.69 Å². The van der Waals surface area contributed by atoms with Crippen molar-refractivity contribution in [2.45, 2.75) is 52.0 Å². The number of carboxylic acids is 1. The molecule has 1 aliphatic rings. The fourth-order valence-electron chi connectivity index (χ4n) is 3.77. The van der Waals surface area contributed by atoms with Gasteiger partial charge in [-0.2, -0.15) is 0 Å². The molecule has 0 aliphatic heterocycles. The molecule has 1 aromatic heterocycles. The Kier molecular flexibility index (Phi) is 5.73. The van der Waals surface area contributed by atoms with Crippen molar-refractivity contribution in [2.75, 3.05) is 5.32 Å². The summed E-state index contributed by atoms with van der Waals surface area (Å²) in [5.74, 6) is -2.75. The van der Waals surface area contributed by atoms with Crippen LogP contribution in [0, 0.1) is 23.5 Å². The van der Waals surface area contributed by atoms with Crippen molar-refractivity contribution in [3.63, 3.8) is 0 Å². The number of nitrogens with zero attached hydrogens (tertiary/aromatic N) is 2. The van der Waals surface area contributed by atoms with Crippen LogP contribution < -0.4 is 5.32 Å². The number of aromatic carboxylic acids is 1. The van der Waals surface area contributed by atoms with Gasteiger partial charge >= 0.3 is 5.97 Å². The molecule has 0 spiro atoms. The molecule has 156 valence electrons. The van der Waals surface area contributed by atoms with Gasteiger partial charge in [-0.25, -0.2) is 18.3 Å². The monoisotopic (exact) mass is 405 g/mol. The van der Waals surface area contributed by atoms with E-state index in [1.54, 1.807) is 13.8 Å². The van der Waals surface area contributed by atoms with Gasteiger partial charge in [0.25, 0.3) is 0 Å². The molecule has 0 bridgehead atoms. The fourth-order valence-corrected chi connectivity index (χ4v) is 3.77. The number of halogens is 2. The van der Waals surface area contributed by atoms with E-state index in [9.17, 15) is 23.5 Å². The van der Waals surface area contributed by atoms with Gasteiger partial charge < -0.3 is 10.4 Å². The van der Waals surface area contributed by atoms with Crippen molar-refractivity contribution in [1.29, 1.82) is 0 Å². The number of hydrogen-bond acceptors (Lipinski definition) is 4. The van der Waals surface area contributed by atoms with Crippen LogP contribution in [0.1, 0.15) is 56.8 Å². The van der Waals surface area contributed by atoms with E-state index in [0.717, 1.165) is 42.5 Å². The molecule has 1 saturated carbocycles. The Bertz CT molecular complexity index is 931.